The van der Waals surface area contributed by atoms with Gasteiger partial charge in [0.25, 0.3) is 0 Å². The standard InChI is InChI=1S/C14H20N2OS/c15-12(9-4-5-9)8-16-14(17)11-2-1-3-13-10(11)6-7-18-13/h6-7,9,11-12H,1-5,8,15H2,(H,16,17). The first-order chi connectivity index (χ1) is 8.75. The molecule has 1 aromatic heterocycles. The molecule has 4 heteroatoms. The third kappa shape index (κ3) is 2.45. The van der Waals surface area contributed by atoms with E-state index in [1.54, 1.807) is 11.3 Å². The molecule has 3 N–H and O–H groups in total. The Labute approximate surface area is 112 Å². The third-order valence-electron chi connectivity index (χ3n) is 4.11. The number of nitrogens with two attached hydrogens (primary N) is 1. The number of thiophene rings is 1. The highest BCUT2D eigenvalue weighted by molar-refractivity contribution is 7.10. The van der Waals surface area contributed by atoms with Gasteiger partial charge in [-0.3, -0.25) is 4.79 Å². The second-order valence-electron chi connectivity index (χ2n) is 5.49. The van der Waals surface area contributed by atoms with Gasteiger partial charge in [-0.05, 0) is 55.0 Å². The fraction of sp³-hybridized carbons (Fsp3) is 0.643. The molecule has 1 amide bonds. The Morgan fingerprint density at radius 1 is 1.50 bits per heavy atom. The summed E-state index contributed by atoms with van der Waals surface area (Å²) in [6, 6.07) is 2.27. The van der Waals surface area contributed by atoms with Gasteiger partial charge in [0.1, 0.15) is 0 Å². The van der Waals surface area contributed by atoms with Gasteiger partial charge in [-0.2, -0.15) is 0 Å². The first kappa shape index (κ1) is 12.2. The van der Waals surface area contributed by atoms with Gasteiger partial charge in [0.15, 0.2) is 0 Å². The normalized spacial score (nSPS) is 24.4. The second-order valence-corrected chi connectivity index (χ2v) is 6.49. The molecular formula is C14H20N2OS. The number of amides is 1. The highest BCUT2D eigenvalue weighted by Gasteiger charge is 2.30. The minimum Gasteiger partial charge on any atom is -0.354 e. The monoisotopic (exact) mass is 264 g/mol. The zero-order valence-corrected chi connectivity index (χ0v) is 11.3. The van der Waals surface area contributed by atoms with E-state index in [1.165, 1.54) is 23.3 Å². The summed E-state index contributed by atoms with van der Waals surface area (Å²) in [6.45, 7) is 0.638. The van der Waals surface area contributed by atoms with Crippen LogP contribution in [0.15, 0.2) is 11.4 Å². The van der Waals surface area contributed by atoms with Crippen molar-refractivity contribution in [2.75, 3.05) is 6.54 Å². The zero-order chi connectivity index (χ0) is 12.5. The molecule has 1 fully saturated rings. The number of rotatable bonds is 4. The van der Waals surface area contributed by atoms with Crippen LogP contribution in [0.25, 0.3) is 0 Å². The van der Waals surface area contributed by atoms with Crippen molar-refractivity contribution < 1.29 is 4.79 Å². The topological polar surface area (TPSA) is 55.1 Å². The first-order valence-corrected chi connectivity index (χ1v) is 7.73. The van der Waals surface area contributed by atoms with Crippen LogP contribution < -0.4 is 11.1 Å². The Morgan fingerprint density at radius 2 is 2.33 bits per heavy atom. The molecule has 0 aromatic carbocycles. The SMILES string of the molecule is NC(CNC(=O)C1CCCc2sccc21)C1CC1. The predicted octanol–water partition coefficient (Wildman–Crippen LogP) is 2.02. The maximum atomic E-state index is 12.2. The Kier molecular flexibility index (Phi) is 3.39. The Balaban J connectivity index is 1.59. The molecule has 3 rings (SSSR count). The summed E-state index contributed by atoms with van der Waals surface area (Å²) in [5.41, 5.74) is 7.27. The van der Waals surface area contributed by atoms with Crippen LogP contribution in [0.2, 0.25) is 0 Å². The smallest absolute Gasteiger partial charge is 0.227 e. The van der Waals surface area contributed by atoms with E-state index < -0.39 is 0 Å². The van der Waals surface area contributed by atoms with E-state index >= 15 is 0 Å². The molecule has 0 spiro atoms. The maximum Gasteiger partial charge on any atom is 0.227 e. The van der Waals surface area contributed by atoms with Crippen LogP contribution in [0, 0.1) is 5.92 Å². The molecule has 1 aromatic rings. The molecule has 0 bridgehead atoms. The van der Waals surface area contributed by atoms with E-state index in [0.717, 1.165) is 19.3 Å². The molecule has 0 radical (unpaired) electrons. The number of nitrogens with one attached hydrogen (secondary N) is 1. The van der Waals surface area contributed by atoms with Crippen LogP contribution in [0.5, 0.6) is 0 Å². The lowest BCUT2D eigenvalue weighted by molar-refractivity contribution is -0.122. The molecule has 18 heavy (non-hydrogen) atoms. The lowest BCUT2D eigenvalue weighted by Crippen LogP contribution is -2.41. The molecule has 98 valence electrons. The van der Waals surface area contributed by atoms with E-state index in [9.17, 15) is 4.79 Å². The highest BCUT2D eigenvalue weighted by Crippen LogP contribution is 2.35. The van der Waals surface area contributed by atoms with Crippen molar-refractivity contribution in [2.45, 2.75) is 44.1 Å². The number of hydrogen-bond donors (Lipinski definition) is 2. The van der Waals surface area contributed by atoms with Crippen molar-refractivity contribution in [3.8, 4) is 0 Å². The summed E-state index contributed by atoms with van der Waals surface area (Å²) in [6.07, 6.45) is 5.71. The van der Waals surface area contributed by atoms with Crippen molar-refractivity contribution >= 4 is 17.2 Å². The Bertz CT molecular complexity index is 439. The average Bonchev–Trinajstić information content (AvgIpc) is 3.12. The second kappa shape index (κ2) is 5.02. The summed E-state index contributed by atoms with van der Waals surface area (Å²) in [5, 5.41) is 5.15. The molecule has 1 heterocycles. The third-order valence-corrected chi connectivity index (χ3v) is 5.10. The molecule has 2 aliphatic carbocycles. The number of hydrogen-bond acceptors (Lipinski definition) is 3. The van der Waals surface area contributed by atoms with Gasteiger partial charge in [-0.15, -0.1) is 11.3 Å². The fourth-order valence-electron chi connectivity index (χ4n) is 2.79. The molecule has 0 aliphatic heterocycles. The fourth-order valence-corrected chi connectivity index (χ4v) is 3.78. The zero-order valence-electron chi connectivity index (χ0n) is 10.5. The molecule has 2 aliphatic rings. The maximum absolute atomic E-state index is 12.2. The highest BCUT2D eigenvalue weighted by atomic mass is 32.1. The van der Waals surface area contributed by atoms with Crippen LogP contribution in [0.4, 0.5) is 0 Å². The lowest BCUT2D eigenvalue weighted by atomic mass is 9.87. The van der Waals surface area contributed by atoms with Crippen molar-refractivity contribution in [2.24, 2.45) is 11.7 Å². The van der Waals surface area contributed by atoms with Crippen LogP contribution in [0.3, 0.4) is 0 Å². The molecule has 0 saturated heterocycles. The Morgan fingerprint density at radius 3 is 3.11 bits per heavy atom. The van der Waals surface area contributed by atoms with Crippen molar-refractivity contribution in [1.29, 1.82) is 0 Å². The largest absolute Gasteiger partial charge is 0.354 e. The lowest BCUT2D eigenvalue weighted by Gasteiger charge is -2.22. The quantitative estimate of drug-likeness (QED) is 0.874. The van der Waals surface area contributed by atoms with Gasteiger partial charge in [0, 0.05) is 17.5 Å². The molecule has 2 atom stereocenters. The van der Waals surface area contributed by atoms with Gasteiger partial charge >= 0.3 is 0 Å². The number of carbonyl (C=O) groups is 1. The van der Waals surface area contributed by atoms with E-state index in [1.807, 2.05) is 0 Å². The summed E-state index contributed by atoms with van der Waals surface area (Å²) in [5.74, 6) is 0.880. The minimum absolute atomic E-state index is 0.0615. The predicted molar refractivity (Wildman–Crippen MR) is 73.7 cm³/mol. The van der Waals surface area contributed by atoms with E-state index in [2.05, 4.69) is 16.8 Å². The van der Waals surface area contributed by atoms with Gasteiger partial charge < -0.3 is 11.1 Å². The van der Waals surface area contributed by atoms with Gasteiger partial charge in [-0.1, -0.05) is 0 Å². The summed E-state index contributed by atoms with van der Waals surface area (Å²) < 4.78 is 0. The molecule has 3 nitrogen and oxygen atoms in total. The van der Waals surface area contributed by atoms with Gasteiger partial charge in [0.05, 0.1) is 5.92 Å². The van der Waals surface area contributed by atoms with E-state index in [-0.39, 0.29) is 17.9 Å². The minimum atomic E-state index is 0.0615. The van der Waals surface area contributed by atoms with E-state index in [0.29, 0.717) is 12.5 Å². The molecule has 2 unspecified atom stereocenters. The summed E-state index contributed by atoms with van der Waals surface area (Å²) in [4.78, 5) is 13.6. The van der Waals surface area contributed by atoms with Crippen molar-refractivity contribution in [3.63, 3.8) is 0 Å². The van der Waals surface area contributed by atoms with Crippen LogP contribution in [-0.2, 0) is 11.2 Å². The summed E-state index contributed by atoms with van der Waals surface area (Å²) >= 11 is 1.78. The van der Waals surface area contributed by atoms with Gasteiger partial charge in [0.2, 0.25) is 5.91 Å². The van der Waals surface area contributed by atoms with Gasteiger partial charge in [-0.25, -0.2) is 0 Å². The van der Waals surface area contributed by atoms with Crippen LogP contribution in [0.1, 0.15) is 42.0 Å². The van der Waals surface area contributed by atoms with E-state index in [4.69, 9.17) is 5.73 Å². The average molecular weight is 264 g/mol. The van der Waals surface area contributed by atoms with Crippen molar-refractivity contribution in [3.05, 3.63) is 21.9 Å². The first-order valence-electron chi connectivity index (χ1n) is 6.85. The number of aryl methyl sites for hydroxylation is 1. The van der Waals surface area contributed by atoms with Crippen LogP contribution >= 0.6 is 11.3 Å². The molecule has 1 saturated carbocycles. The number of carbonyl (C=O) groups excluding carboxylic acids is 1. The Hall–Kier alpha value is -0.870. The van der Waals surface area contributed by atoms with Crippen molar-refractivity contribution in [1.82, 2.24) is 5.32 Å². The molecular weight excluding hydrogens is 244 g/mol. The number of fused-ring (bicyclic) bond motifs is 1. The summed E-state index contributed by atoms with van der Waals surface area (Å²) in [7, 11) is 0. The van der Waals surface area contributed by atoms with Crippen LogP contribution in [-0.4, -0.2) is 18.5 Å².